The number of carbonyl (C=O) groups excluding carboxylic acids is 1. The summed E-state index contributed by atoms with van der Waals surface area (Å²) in [5, 5.41) is 8.87. The van der Waals surface area contributed by atoms with Gasteiger partial charge in [0, 0.05) is 27.7 Å². The highest BCUT2D eigenvalue weighted by molar-refractivity contribution is 6.30. The predicted octanol–water partition coefficient (Wildman–Crippen LogP) is 5.52. The highest BCUT2D eigenvalue weighted by atomic mass is 35.5. The third-order valence-electron chi connectivity index (χ3n) is 5.43. The lowest BCUT2D eigenvalue weighted by Crippen LogP contribution is -2.28. The number of carbonyl (C=O) groups is 1. The zero-order valence-corrected chi connectivity index (χ0v) is 16.5. The fraction of sp³-hybridized carbons (Fsp3) is 0.174. The second-order valence-electron chi connectivity index (χ2n) is 7.44. The summed E-state index contributed by atoms with van der Waals surface area (Å²) in [5.74, 6) is 0.558. The van der Waals surface area contributed by atoms with Gasteiger partial charge in [0.2, 0.25) is 5.91 Å². The van der Waals surface area contributed by atoms with Crippen LogP contribution in [0.1, 0.15) is 24.2 Å². The van der Waals surface area contributed by atoms with Crippen LogP contribution in [0, 0.1) is 6.92 Å². The molecule has 144 valence electrons. The minimum Gasteiger partial charge on any atom is -0.356 e. The van der Waals surface area contributed by atoms with Crippen LogP contribution in [0.5, 0.6) is 0 Å². The van der Waals surface area contributed by atoms with Crippen LogP contribution < -0.4 is 5.32 Å². The topological polar surface area (TPSA) is 68.0 Å². The fourth-order valence-corrected chi connectivity index (χ4v) is 3.71. The lowest BCUT2D eigenvalue weighted by Gasteiger charge is -2.14. The van der Waals surface area contributed by atoms with Gasteiger partial charge in [0.25, 0.3) is 0 Å². The number of fused-ring (bicyclic) bond motifs is 1. The van der Waals surface area contributed by atoms with Gasteiger partial charge in [0.05, 0.1) is 22.3 Å². The summed E-state index contributed by atoms with van der Waals surface area (Å²) in [4.78, 5) is 17.7. The van der Waals surface area contributed by atoms with E-state index in [0.29, 0.717) is 16.5 Å². The van der Waals surface area contributed by atoms with E-state index in [1.165, 1.54) is 0 Å². The lowest BCUT2D eigenvalue weighted by molar-refractivity contribution is -0.118. The molecule has 2 aromatic carbocycles. The number of aromatic nitrogens is 2. The number of pyridine rings is 1. The first kappa shape index (κ1) is 17.9. The van der Waals surface area contributed by atoms with Crippen molar-refractivity contribution in [2.24, 2.45) is 0 Å². The first-order valence-corrected chi connectivity index (χ1v) is 9.84. The Kier molecular flexibility index (Phi) is 4.14. The third kappa shape index (κ3) is 3.17. The molecule has 0 bridgehead atoms. The number of hydrogen-bond acceptors (Lipinski definition) is 4. The summed E-state index contributed by atoms with van der Waals surface area (Å²) in [5.41, 5.74) is 3.45. The number of benzene rings is 2. The maximum absolute atomic E-state index is 13.2. The molecule has 5 rings (SSSR count). The van der Waals surface area contributed by atoms with Crippen molar-refractivity contribution in [1.82, 2.24) is 10.1 Å². The molecule has 0 aliphatic heterocycles. The first-order valence-electron chi connectivity index (χ1n) is 9.46. The maximum Gasteiger partial charge on any atom is 0.236 e. The monoisotopic (exact) mass is 403 g/mol. The van der Waals surface area contributed by atoms with Gasteiger partial charge in [-0.25, -0.2) is 0 Å². The Morgan fingerprint density at radius 3 is 2.66 bits per heavy atom. The molecule has 5 nitrogen and oxygen atoms in total. The molecule has 2 heterocycles. The molecule has 2 aromatic heterocycles. The minimum atomic E-state index is -0.644. The van der Waals surface area contributed by atoms with Crippen molar-refractivity contribution in [3.05, 3.63) is 77.1 Å². The van der Waals surface area contributed by atoms with Gasteiger partial charge in [-0.2, -0.15) is 0 Å². The molecule has 1 saturated carbocycles. The second kappa shape index (κ2) is 6.71. The van der Waals surface area contributed by atoms with Crippen molar-refractivity contribution in [1.29, 1.82) is 0 Å². The Bertz CT molecular complexity index is 1230. The van der Waals surface area contributed by atoms with Crippen molar-refractivity contribution < 1.29 is 9.32 Å². The molecule has 1 aliphatic rings. The zero-order chi connectivity index (χ0) is 20.0. The number of nitrogens with one attached hydrogen (secondary N) is 1. The molecule has 4 aromatic rings. The van der Waals surface area contributed by atoms with Gasteiger partial charge in [-0.15, -0.1) is 0 Å². The van der Waals surface area contributed by atoms with Crippen LogP contribution in [0.4, 0.5) is 5.69 Å². The Morgan fingerprint density at radius 2 is 1.90 bits per heavy atom. The summed E-state index contributed by atoms with van der Waals surface area (Å²) < 4.78 is 5.52. The van der Waals surface area contributed by atoms with Crippen molar-refractivity contribution in [2.45, 2.75) is 25.2 Å². The first-order chi connectivity index (χ1) is 14.0. The zero-order valence-electron chi connectivity index (χ0n) is 15.8. The van der Waals surface area contributed by atoms with E-state index >= 15 is 0 Å². The fourth-order valence-electron chi connectivity index (χ4n) is 3.58. The number of nitrogens with zero attached hydrogens (tertiary/aromatic N) is 2. The van der Waals surface area contributed by atoms with E-state index in [1.54, 1.807) is 12.1 Å². The summed E-state index contributed by atoms with van der Waals surface area (Å²) in [6.45, 7) is 1.95. The highest BCUT2D eigenvalue weighted by Gasteiger charge is 2.54. The molecule has 0 radical (unpaired) electrons. The van der Waals surface area contributed by atoms with E-state index < -0.39 is 5.41 Å². The van der Waals surface area contributed by atoms with Crippen LogP contribution in [-0.2, 0) is 10.2 Å². The van der Waals surface area contributed by atoms with Crippen LogP contribution >= 0.6 is 11.6 Å². The van der Waals surface area contributed by atoms with E-state index in [0.717, 1.165) is 40.7 Å². The molecule has 6 heteroatoms. The maximum atomic E-state index is 13.2. The van der Waals surface area contributed by atoms with Gasteiger partial charge in [-0.1, -0.05) is 22.8 Å². The molecule has 29 heavy (non-hydrogen) atoms. The molecule has 1 aliphatic carbocycles. The van der Waals surface area contributed by atoms with Gasteiger partial charge in [-0.05, 0) is 68.3 Å². The van der Waals surface area contributed by atoms with Crippen molar-refractivity contribution in [3.63, 3.8) is 0 Å². The summed E-state index contributed by atoms with van der Waals surface area (Å²) in [7, 11) is 0. The van der Waals surface area contributed by atoms with Crippen LogP contribution in [0.25, 0.3) is 22.2 Å². The number of aryl methyl sites for hydroxylation is 1. The lowest BCUT2D eigenvalue weighted by atomic mass is 10.00. The van der Waals surface area contributed by atoms with E-state index in [1.807, 2.05) is 55.5 Å². The van der Waals surface area contributed by atoms with Crippen molar-refractivity contribution in [2.75, 3.05) is 5.32 Å². The van der Waals surface area contributed by atoms with Crippen LogP contribution in [0.3, 0.4) is 0 Å². The SMILES string of the molecule is Cc1ccc2c(NC(=O)C3(c4cc(-c5ccc(Cl)cc5)on4)CC3)cccc2n1. The normalized spacial score (nSPS) is 14.7. The van der Waals surface area contributed by atoms with Gasteiger partial charge >= 0.3 is 0 Å². The molecular formula is C23H18ClN3O2. The second-order valence-corrected chi connectivity index (χ2v) is 7.88. The third-order valence-corrected chi connectivity index (χ3v) is 5.69. The number of amides is 1. The average molecular weight is 404 g/mol. The molecule has 1 fully saturated rings. The van der Waals surface area contributed by atoms with Gasteiger partial charge in [0.15, 0.2) is 5.76 Å². The van der Waals surface area contributed by atoms with E-state index in [2.05, 4.69) is 15.5 Å². The quantitative estimate of drug-likeness (QED) is 0.487. The summed E-state index contributed by atoms with van der Waals surface area (Å²) in [6, 6.07) is 18.9. The van der Waals surface area contributed by atoms with Crippen molar-refractivity contribution >= 4 is 34.1 Å². The predicted molar refractivity (Wildman–Crippen MR) is 113 cm³/mol. The van der Waals surface area contributed by atoms with Crippen molar-refractivity contribution in [3.8, 4) is 11.3 Å². The van der Waals surface area contributed by atoms with Gasteiger partial charge in [-0.3, -0.25) is 9.78 Å². The minimum absolute atomic E-state index is 0.0680. The number of rotatable bonds is 4. The Balaban J connectivity index is 1.43. The van der Waals surface area contributed by atoms with Gasteiger partial charge < -0.3 is 9.84 Å². The van der Waals surface area contributed by atoms with Gasteiger partial charge in [0.1, 0.15) is 0 Å². The van der Waals surface area contributed by atoms with Crippen LogP contribution in [-0.4, -0.2) is 16.0 Å². The van der Waals surface area contributed by atoms with Crippen LogP contribution in [0.2, 0.25) is 5.02 Å². The molecule has 0 atom stereocenters. The Hall–Kier alpha value is -3.18. The van der Waals surface area contributed by atoms with Crippen LogP contribution in [0.15, 0.2) is 65.2 Å². The Morgan fingerprint density at radius 1 is 1.10 bits per heavy atom. The molecule has 0 unspecified atom stereocenters. The standard InChI is InChI=1S/C23H18ClN3O2/c1-14-5-10-17-18(25-14)3-2-4-19(17)26-22(28)23(11-12-23)21-13-20(29-27-21)15-6-8-16(24)9-7-15/h2-10,13H,11-12H2,1H3,(H,26,28). The Labute approximate surface area is 172 Å². The molecule has 1 N–H and O–H groups in total. The summed E-state index contributed by atoms with van der Waals surface area (Å²) >= 11 is 5.95. The van der Waals surface area contributed by atoms with E-state index in [-0.39, 0.29) is 5.91 Å². The van der Waals surface area contributed by atoms with E-state index in [4.69, 9.17) is 16.1 Å². The van der Waals surface area contributed by atoms with E-state index in [9.17, 15) is 4.79 Å². The molecule has 0 saturated heterocycles. The molecule has 1 amide bonds. The average Bonchev–Trinajstić information content (AvgIpc) is 3.39. The summed E-state index contributed by atoms with van der Waals surface area (Å²) in [6.07, 6.45) is 1.49. The smallest absolute Gasteiger partial charge is 0.236 e. The molecular weight excluding hydrogens is 386 g/mol. The molecule has 0 spiro atoms. The number of hydrogen-bond donors (Lipinski definition) is 1. The number of halogens is 1. The highest BCUT2D eigenvalue weighted by Crippen LogP contribution is 2.49. The number of anilines is 1. The largest absolute Gasteiger partial charge is 0.356 e.